The maximum Gasteiger partial charge on any atom is 0.310 e. The standard InChI is InChI=1S/C53H90O6/c1-4-7-10-13-15-17-19-21-23-24-25-26-27-28-30-31-33-35-37-40-43-46-52(55)58-49-50(48-57-51(54)45-42-39-12-9-6-3)59-53(56)47-44-41-38-36-34-32-29-22-20-18-16-14-11-8-5-2/h8,11,16,18,22,24-25,29,34,36,41,44,50H,4-7,9-10,12-15,17,19-21,23,26-28,30-33,35,37-40,42-43,45-49H2,1-3H3/b11-8-,18-16-,25-24-,29-22-,36-34-,44-41-. The number of allylic oxidation sites excluding steroid dienone is 11. The molecule has 0 rings (SSSR count). The minimum Gasteiger partial charge on any atom is -0.462 e. The van der Waals surface area contributed by atoms with E-state index in [2.05, 4.69) is 81.5 Å². The first-order valence-corrected chi connectivity index (χ1v) is 24.4. The van der Waals surface area contributed by atoms with Crippen LogP contribution in [0.3, 0.4) is 0 Å². The van der Waals surface area contributed by atoms with Gasteiger partial charge in [-0.25, -0.2) is 0 Å². The highest BCUT2D eigenvalue weighted by molar-refractivity contribution is 5.72. The molecule has 0 aromatic rings. The molecule has 1 atom stereocenters. The summed E-state index contributed by atoms with van der Waals surface area (Å²) < 4.78 is 16.5. The number of carbonyl (C=O) groups excluding carboxylic acids is 3. The zero-order valence-corrected chi connectivity index (χ0v) is 38.5. The second-order valence-corrected chi connectivity index (χ2v) is 16.0. The van der Waals surface area contributed by atoms with E-state index in [1.54, 1.807) is 6.08 Å². The zero-order chi connectivity index (χ0) is 43.0. The van der Waals surface area contributed by atoms with Crippen molar-refractivity contribution in [3.8, 4) is 0 Å². The number of carbonyl (C=O) groups is 3. The summed E-state index contributed by atoms with van der Waals surface area (Å²) in [5, 5.41) is 0. The van der Waals surface area contributed by atoms with E-state index in [9.17, 15) is 14.4 Å². The van der Waals surface area contributed by atoms with Crippen LogP contribution in [0.15, 0.2) is 72.9 Å². The quantitative estimate of drug-likeness (QED) is 0.0264. The van der Waals surface area contributed by atoms with Gasteiger partial charge in [-0.05, 0) is 70.6 Å². The molecule has 0 saturated heterocycles. The van der Waals surface area contributed by atoms with E-state index in [0.717, 1.165) is 83.5 Å². The summed E-state index contributed by atoms with van der Waals surface area (Å²) >= 11 is 0. The molecule has 59 heavy (non-hydrogen) atoms. The van der Waals surface area contributed by atoms with Crippen LogP contribution < -0.4 is 0 Å². The summed E-state index contributed by atoms with van der Waals surface area (Å²) in [5.74, 6) is -1.06. The molecule has 0 heterocycles. The summed E-state index contributed by atoms with van der Waals surface area (Å²) in [7, 11) is 0. The molecule has 0 amide bonds. The Morgan fingerprint density at radius 2 is 0.712 bits per heavy atom. The number of esters is 3. The summed E-state index contributed by atoms with van der Waals surface area (Å²) in [6.07, 6.45) is 59.5. The largest absolute Gasteiger partial charge is 0.462 e. The molecule has 0 fully saturated rings. The van der Waals surface area contributed by atoms with Gasteiger partial charge in [0, 0.05) is 12.8 Å². The van der Waals surface area contributed by atoms with Gasteiger partial charge < -0.3 is 14.2 Å². The van der Waals surface area contributed by atoms with Gasteiger partial charge >= 0.3 is 17.9 Å². The monoisotopic (exact) mass is 823 g/mol. The third-order valence-electron chi connectivity index (χ3n) is 10.2. The second-order valence-electron chi connectivity index (χ2n) is 16.0. The van der Waals surface area contributed by atoms with Crippen molar-refractivity contribution in [3.05, 3.63) is 72.9 Å². The fraction of sp³-hybridized carbons (Fsp3) is 0.717. The number of ether oxygens (including phenoxy) is 3. The molecule has 338 valence electrons. The van der Waals surface area contributed by atoms with Gasteiger partial charge in [0.25, 0.3) is 0 Å². The lowest BCUT2D eigenvalue weighted by Crippen LogP contribution is -2.30. The van der Waals surface area contributed by atoms with Gasteiger partial charge in [0.05, 0.1) is 6.42 Å². The molecule has 0 spiro atoms. The van der Waals surface area contributed by atoms with Crippen molar-refractivity contribution in [1.29, 1.82) is 0 Å². The van der Waals surface area contributed by atoms with Crippen molar-refractivity contribution in [3.63, 3.8) is 0 Å². The smallest absolute Gasteiger partial charge is 0.310 e. The third kappa shape index (κ3) is 45.8. The molecule has 0 bridgehead atoms. The number of hydrogen-bond acceptors (Lipinski definition) is 6. The van der Waals surface area contributed by atoms with Crippen LogP contribution in [0.5, 0.6) is 0 Å². The zero-order valence-electron chi connectivity index (χ0n) is 38.5. The Labute approximate surface area is 363 Å². The highest BCUT2D eigenvalue weighted by atomic mass is 16.6. The minimum absolute atomic E-state index is 0.0973. The highest BCUT2D eigenvalue weighted by Crippen LogP contribution is 2.14. The highest BCUT2D eigenvalue weighted by Gasteiger charge is 2.19. The van der Waals surface area contributed by atoms with Gasteiger partial charge in [0.15, 0.2) is 6.10 Å². The molecule has 0 aromatic carbocycles. The fourth-order valence-electron chi connectivity index (χ4n) is 6.57. The van der Waals surface area contributed by atoms with Crippen molar-refractivity contribution in [2.45, 2.75) is 232 Å². The second kappa shape index (κ2) is 47.5. The molecule has 6 heteroatoms. The van der Waals surface area contributed by atoms with E-state index in [0.29, 0.717) is 12.8 Å². The predicted molar refractivity (Wildman–Crippen MR) is 251 cm³/mol. The average molecular weight is 823 g/mol. The minimum atomic E-state index is -0.825. The van der Waals surface area contributed by atoms with Crippen LogP contribution in [-0.4, -0.2) is 37.2 Å². The lowest BCUT2D eigenvalue weighted by atomic mass is 10.1. The molecule has 0 aromatic heterocycles. The molecular formula is C53H90O6. The maximum atomic E-state index is 12.6. The van der Waals surface area contributed by atoms with Crippen molar-refractivity contribution >= 4 is 17.9 Å². The van der Waals surface area contributed by atoms with Crippen molar-refractivity contribution in [2.24, 2.45) is 0 Å². The van der Waals surface area contributed by atoms with Crippen molar-refractivity contribution in [1.82, 2.24) is 0 Å². The number of rotatable bonds is 43. The van der Waals surface area contributed by atoms with Crippen LogP contribution in [-0.2, 0) is 28.6 Å². The van der Waals surface area contributed by atoms with Gasteiger partial charge in [-0.15, -0.1) is 0 Å². The Bertz CT molecular complexity index is 1130. The Kier molecular flexibility index (Phi) is 45.0. The molecule has 0 aliphatic carbocycles. The lowest BCUT2D eigenvalue weighted by molar-refractivity contribution is -0.166. The van der Waals surface area contributed by atoms with E-state index in [4.69, 9.17) is 14.2 Å². The number of unbranched alkanes of at least 4 members (excludes halogenated alkanes) is 21. The fourth-order valence-corrected chi connectivity index (χ4v) is 6.57. The van der Waals surface area contributed by atoms with E-state index < -0.39 is 12.1 Å². The van der Waals surface area contributed by atoms with Crippen molar-refractivity contribution < 1.29 is 28.6 Å². The molecule has 0 aliphatic rings. The topological polar surface area (TPSA) is 78.9 Å². The molecule has 0 radical (unpaired) electrons. The van der Waals surface area contributed by atoms with Crippen LogP contribution >= 0.6 is 0 Å². The van der Waals surface area contributed by atoms with Crippen LogP contribution in [0, 0.1) is 0 Å². The predicted octanol–water partition coefficient (Wildman–Crippen LogP) is 15.9. The third-order valence-corrected chi connectivity index (χ3v) is 10.2. The van der Waals surface area contributed by atoms with E-state index in [-0.39, 0.29) is 31.6 Å². The van der Waals surface area contributed by atoms with E-state index in [1.807, 2.05) is 6.08 Å². The Morgan fingerprint density at radius 3 is 1.10 bits per heavy atom. The Hall–Kier alpha value is -3.15. The van der Waals surface area contributed by atoms with E-state index >= 15 is 0 Å². The average Bonchev–Trinajstić information content (AvgIpc) is 3.23. The van der Waals surface area contributed by atoms with Gasteiger partial charge in [0.1, 0.15) is 13.2 Å². The Morgan fingerprint density at radius 1 is 0.373 bits per heavy atom. The van der Waals surface area contributed by atoms with Crippen LogP contribution in [0.2, 0.25) is 0 Å². The van der Waals surface area contributed by atoms with Crippen LogP contribution in [0.25, 0.3) is 0 Å². The Balaban J connectivity index is 4.25. The van der Waals surface area contributed by atoms with Crippen LogP contribution in [0.4, 0.5) is 0 Å². The molecule has 0 aliphatic heterocycles. The summed E-state index contributed by atoms with van der Waals surface area (Å²) in [6.45, 7) is 6.34. The molecule has 1 unspecified atom stereocenters. The van der Waals surface area contributed by atoms with Gasteiger partial charge in [-0.3, -0.25) is 14.4 Å². The molecule has 0 N–H and O–H groups in total. The molecule has 6 nitrogen and oxygen atoms in total. The van der Waals surface area contributed by atoms with Gasteiger partial charge in [-0.1, -0.05) is 209 Å². The normalized spacial score (nSPS) is 12.7. The number of hydrogen-bond donors (Lipinski definition) is 0. The first-order chi connectivity index (χ1) is 29.0. The summed E-state index contributed by atoms with van der Waals surface area (Å²) in [4.78, 5) is 37.5. The van der Waals surface area contributed by atoms with Crippen LogP contribution in [0.1, 0.15) is 226 Å². The van der Waals surface area contributed by atoms with Gasteiger partial charge in [0.2, 0.25) is 0 Å². The van der Waals surface area contributed by atoms with Crippen molar-refractivity contribution in [2.75, 3.05) is 13.2 Å². The first kappa shape index (κ1) is 55.9. The SMILES string of the molecule is CC/C=C\C/C=C\C/C=C\C/C=C\C/C=C\CC(=O)OC(COC(=O)CCCCCCC)COC(=O)CCCCCCCCCCC/C=C\CCCCCCCCCC. The summed E-state index contributed by atoms with van der Waals surface area (Å²) in [5.41, 5.74) is 0. The van der Waals surface area contributed by atoms with Gasteiger partial charge in [-0.2, -0.15) is 0 Å². The first-order valence-electron chi connectivity index (χ1n) is 24.4. The molecule has 0 saturated carbocycles. The summed E-state index contributed by atoms with van der Waals surface area (Å²) in [6, 6.07) is 0. The lowest BCUT2D eigenvalue weighted by Gasteiger charge is -2.18. The van der Waals surface area contributed by atoms with E-state index in [1.165, 1.54) is 103 Å². The maximum absolute atomic E-state index is 12.6. The molecular weight excluding hydrogens is 733 g/mol.